The van der Waals surface area contributed by atoms with E-state index in [9.17, 15) is 4.79 Å². The third kappa shape index (κ3) is 2.12. The number of hydrogen-bond acceptors (Lipinski definition) is 3. The van der Waals surface area contributed by atoms with Crippen molar-refractivity contribution in [3.8, 4) is 0 Å². The number of aromatic nitrogens is 1. The van der Waals surface area contributed by atoms with Gasteiger partial charge in [-0.15, -0.1) is 0 Å². The number of amides is 1. The molecule has 0 aromatic carbocycles. The summed E-state index contributed by atoms with van der Waals surface area (Å²) in [7, 11) is 0. The molecule has 0 aliphatic carbocycles. The van der Waals surface area contributed by atoms with Crippen molar-refractivity contribution in [1.29, 1.82) is 0 Å². The molecule has 1 aliphatic heterocycles. The number of likely N-dealkylation sites (tertiary alicyclic amines) is 1. The minimum Gasteiger partial charge on any atom is -0.329 e. The van der Waals surface area contributed by atoms with Crippen molar-refractivity contribution in [3.05, 3.63) is 29.6 Å². The van der Waals surface area contributed by atoms with Gasteiger partial charge in [-0.3, -0.25) is 9.78 Å². The van der Waals surface area contributed by atoms with Gasteiger partial charge in [0.25, 0.3) is 0 Å². The number of carbonyl (C=O) groups is 1. The van der Waals surface area contributed by atoms with Crippen molar-refractivity contribution < 1.29 is 4.79 Å². The van der Waals surface area contributed by atoms with E-state index in [1.165, 1.54) is 0 Å². The number of hydrogen-bond donors (Lipinski definition) is 1. The number of nitrogens with two attached hydrogens (primary N) is 1. The van der Waals surface area contributed by atoms with E-state index < -0.39 is 0 Å². The molecule has 0 radical (unpaired) electrons. The van der Waals surface area contributed by atoms with Gasteiger partial charge in [-0.2, -0.15) is 0 Å². The zero-order chi connectivity index (χ0) is 13.5. The van der Waals surface area contributed by atoms with E-state index in [4.69, 9.17) is 5.73 Å². The highest BCUT2D eigenvalue weighted by molar-refractivity contribution is 5.81. The first-order chi connectivity index (χ1) is 8.32. The van der Waals surface area contributed by atoms with Crippen LogP contribution in [-0.4, -0.2) is 27.4 Å². The second kappa shape index (κ2) is 4.35. The molecule has 2 unspecified atom stereocenters. The maximum atomic E-state index is 12.2. The monoisotopic (exact) mass is 247 g/mol. The summed E-state index contributed by atoms with van der Waals surface area (Å²) in [5, 5.41) is 0. The van der Waals surface area contributed by atoms with E-state index in [1.807, 2.05) is 44.9 Å². The van der Waals surface area contributed by atoms with Crippen LogP contribution in [0.2, 0.25) is 0 Å². The minimum atomic E-state index is -0.224. The number of nitrogens with zero attached hydrogens (tertiary/aromatic N) is 2. The fourth-order valence-corrected chi connectivity index (χ4v) is 2.71. The van der Waals surface area contributed by atoms with Gasteiger partial charge in [-0.05, 0) is 44.9 Å². The number of carbonyl (C=O) groups excluding carboxylic acids is 1. The molecule has 98 valence electrons. The first-order valence-electron chi connectivity index (χ1n) is 6.30. The third-order valence-electron chi connectivity index (χ3n) is 3.48. The number of pyridine rings is 1. The summed E-state index contributed by atoms with van der Waals surface area (Å²) in [5.41, 5.74) is 8.14. The molecule has 0 spiro atoms. The first-order valence-corrected chi connectivity index (χ1v) is 6.30. The standard InChI is InChI=1S/C14H21N3O/c1-9-5-6-16-8-10(9)13-11(15)7-12(18)17(13)14(2,3)4/h5-6,8,11,13H,7,15H2,1-4H3. The largest absolute Gasteiger partial charge is 0.329 e. The zero-order valence-corrected chi connectivity index (χ0v) is 11.5. The summed E-state index contributed by atoms with van der Waals surface area (Å²) in [5.74, 6) is 0.128. The summed E-state index contributed by atoms with van der Waals surface area (Å²) in [4.78, 5) is 18.2. The molecule has 1 aromatic rings. The Morgan fingerprint density at radius 2 is 2.11 bits per heavy atom. The van der Waals surface area contributed by atoms with Gasteiger partial charge in [-0.25, -0.2) is 0 Å². The summed E-state index contributed by atoms with van der Waals surface area (Å²) in [6, 6.07) is 1.75. The third-order valence-corrected chi connectivity index (χ3v) is 3.48. The molecule has 0 saturated carbocycles. The van der Waals surface area contributed by atoms with Crippen molar-refractivity contribution in [1.82, 2.24) is 9.88 Å². The van der Waals surface area contributed by atoms with E-state index in [0.29, 0.717) is 6.42 Å². The van der Waals surface area contributed by atoms with Crippen LogP contribution in [0.1, 0.15) is 44.4 Å². The van der Waals surface area contributed by atoms with Crippen LogP contribution in [0.3, 0.4) is 0 Å². The molecule has 2 heterocycles. The predicted octanol–water partition coefficient (Wildman–Crippen LogP) is 1.79. The Morgan fingerprint density at radius 3 is 2.67 bits per heavy atom. The van der Waals surface area contributed by atoms with Crippen molar-refractivity contribution in [2.75, 3.05) is 0 Å². The van der Waals surface area contributed by atoms with Gasteiger partial charge in [0, 0.05) is 30.4 Å². The molecule has 2 atom stereocenters. The molecular formula is C14H21N3O. The van der Waals surface area contributed by atoms with E-state index in [-0.39, 0.29) is 23.5 Å². The minimum absolute atomic E-state index is 0.0637. The Labute approximate surface area is 108 Å². The van der Waals surface area contributed by atoms with Crippen LogP contribution >= 0.6 is 0 Å². The second-order valence-corrected chi connectivity index (χ2v) is 5.98. The van der Waals surface area contributed by atoms with Crippen LogP contribution in [0.5, 0.6) is 0 Å². The molecule has 1 aromatic heterocycles. The Balaban J connectivity index is 2.47. The van der Waals surface area contributed by atoms with Crippen molar-refractivity contribution in [3.63, 3.8) is 0 Å². The average Bonchev–Trinajstić information content (AvgIpc) is 2.53. The van der Waals surface area contributed by atoms with Gasteiger partial charge in [0.1, 0.15) is 0 Å². The average molecular weight is 247 g/mol. The lowest BCUT2D eigenvalue weighted by molar-refractivity contribution is -0.133. The molecule has 1 aliphatic rings. The molecule has 2 N–H and O–H groups in total. The van der Waals surface area contributed by atoms with Gasteiger partial charge >= 0.3 is 0 Å². The molecule has 1 amide bonds. The summed E-state index contributed by atoms with van der Waals surface area (Å²) >= 11 is 0. The molecule has 4 heteroatoms. The second-order valence-electron chi connectivity index (χ2n) is 5.98. The quantitative estimate of drug-likeness (QED) is 0.823. The lowest BCUT2D eigenvalue weighted by atomic mass is 9.95. The molecule has 2 rings (SSSR count). The Bertz CT molecular complexity index is 464. The molecule has 0 bridgehead atoms. The Hall–Kier alpha value is -1.42. The fourth-order valence-electron chi connectivity index (χ4n) is 2.71. The van der Waals surface area contributed by atoms with E-state index in [0.717, 1.165) is 11.1 Å². The smallest absolute Gasteiger partial charge is 0.225 e. The Kier molecular flexibility index (Phi) is 3.15. The first kappa shape index (κ1) is 13.0. The number of aryl methyl sites for hydroxylation is 1. The van der Waals surface area contributed by atoms with E-state index in [2.05, 4.69) is 4.98 Å². The maximum absolute atomic E-state index is 12.2. The topological polar surface area (TPSA) is 59.2 Å². The van der Waals surface area contributed by atoms with Crippen LogP contribution in [0.4, 0.5) is 0 Å². The van der Waals surface area contributed by atoms with Crippen molar-refractivity contribution in [2.45, 2.75) is 51.7 Å². The predicted molar refractivity (Wildman–Crippen MR) is 70.9 cm³/mol. The normalized spacial score (nSPS) is 24.7. The van der Waals surface area contributed by atoms with Gasteiger partial charge in [0.05, 0.1) is 6.04 Å². The Morgan fingerprint density at radius 1 is 1.44 bits per heavy atom. The summed E-state index contributed by atoms with van der Waals surface area (Å²) in [6.07, 6.45) is 4.01. The molecule has 1 fully saturated rings. The van der Waals surface area contributed by atoms with Gasteiger partial charge in [0.2, 0.25) is 5.91 Å². The van der Waals surface area contributed by atoms with Crippen LogP contribution in [-0.2, 0) is 4.79 Å². The highest BCUT2D eigenvalue weighted by Crippen LogP contribution is 2.38. The van der Waals surface area contributed by atoms with Crippen LogP contribution in [0, 0.1) is 6.92 Å². The van der Waals surface area contributed by atoms with Crippen LogP contribution in [0.25, 0.3) is 0 Å². The molecule has 4 nitrogen and oxygen atoms in total. The van der Waals surface area contributed by atoms with Gasteiger partial charge < -0.3 is 10.6 Å². The zero-order valence-electron chi connectivity index (χ0n) is 11.5. The number of rotatable bonds is 1. The molecular weight excluding hydrogens is 226 g/mol. The van der Waals surface area contributed by atoms with E-state index >= 15 is 0 Å². The highest BCUT2D eigenvalue weighted by Gasteiger charge is 2.44. The summed E-state index contributed by atoms with van der Waals surface area (Å²) < 4.78 is 0. The van der Waals surface area contributed by atoms with Crippen LogP contribution < -0.4 is 5.73 Å². The fraction of sp³-hybridized carbons (Fsp3) is 0.571. The SMILES string of the molecule is Cc1ccncc1C1C(N)CC(=O)N1C(C)(C)C. The lowest BCUT2D eigenvalue weighted by Crippen LogP contribution is -2.45. The summed E-state index contributed by atoms with van der Waals surface area (Å²) in [6.45, 7) is 8.16. The maximum Gasteiger partial charge on any atom is 0.225 e. The van der Waals surface area contributed by atoms with Gasteiger partial charge in [0.15, 0.2) is 0 Å². The van der Waals surface area contributed by atoms with Crippen molar-refractivity contribution >= 4 is 5.91 Å². The van der Waals surface area contributed by atoms with Crippen molar-refractivity contribution in [2.24, 2.45) is 5.73 Å². The molecule has 1 saturated heterocycles. The highest BCUT2D eigenvalue weighted by atomic mass is 16.2. The van der Waals surface area contributed by atoms with E-state index in [1.54, 1.807) is 6.20 Å². The van der Waals surface area contributed by atoms with Crippen LogP contribution in [0.15, 0.2) is 18.5 Å². The van der Waals surface area contributed by atoms with Gasteiger partial charge in [-0.1, -0.05) is 0 Å². The lowest BCUT2D eigenvalue weighted by Gasteiger charge is -2.38. The molecule has 18 heavy (non-hydrogen) atoms.